The minimum Gasteiger partial charge on any atom is -0.490 e. The second-order valence-electron chi connectivity index (χ2n) is 11.0. The van der Waals surface area contributed by atoms with Crippen LogP contribution >= 0.6 is 22.9 Å². The van der Waals surface area contributed by atoms with Crippen molar-refractivity contribution >= 4 is 46.1 Å². The number of benzene rings is 3. The van der Waals surface area contributed by atoms with Gasteiger partial charge in [0.1, 0.15) is 24.0 Å². The first-order valence-corrected chi connectivity index (χ1v) is 15.6. The topological polar surface area (TPSA) is 124 Å². The Labute approximate surface area is 271 Å². The standard InChI is InChI=1S/C33H36ClN5O5S/c1-6-42-27-18-22(17-26(34)30(27)44-16-15-43-24-13-11-23(12-14-24)33(3,4)5)20-35-37-28(40)19-29-38-39-32(45-29)36-31(41)25-10-8-7-9-21(25)2/h7-14,17-18,20H,6,15-16,19H2,1-5H3,(H,37,40)(H,36,39,41)/b35-20-. The molecule has 236 valence electrons. The summed E-state index contributed by atoms with van der Waals surface area (Å²) < 4.78 is 17.5. The second kappa shape index (κ2) is 15.5. The summed E-state index contributed by atoms with van der Waals surface area (Å²) in [6.45, 7) is 11.2. The van der Waals surface area contributed by atoms with Crippen molar-refractivity contribution in [2.75, 3.05) is 25.1 Å². The van der Waals surface area contributed by atoms with Crippen LogP contribution in [0.3, 0.4) is 0 Å². The predicted molar refractivity (Wildman–Crippen MR) is 177 cm³/mol. The van der Waals surface area contributed by atoms with Crippen LogP contribution in [0.4, 0.5) is 5.13 Å². The highest BCUT2D eigenvalue weighted by Gasteiger charge is 2.16. The molecule has 0 radical (unpaired) electrons. The second-order valence-corrected chi connectivity index (χ2v) is 12.4. The lowest BCUT2D eigenvalue weighted by Gasteiger charge is -2.19. The Kier molecular flexibility index (Phi) is 11.5. The van der Waals surface area contributed by atoms with E-state index < -0.39 is 5.91 Å². The maximum atomic E-state index is 12.5. The third kappa shape index (κ3) is 9.75. The first-order chi connectivity index (χ1) is 21.5. The van der Waals surface area contributed by atoms with Gasteiger partial charge in [0.2, 0.25) is 11.0 Å². The molecule has 2 amide bonds. The van der Waals surface area contributed by atoms with Crippen LogP contribution < -0.4 is 25.0 Å². The van der Waals surface area contributed by atoms with Gasteiger partial charge in [0, 0.05) is 5.56 Å². The number of anilines is 1. The number of carbonyl (C=O) groups excluding carboxylic acids is 2. The lowest BCUT2D eigenvalue weighted by Crippen LogP contribution is -2.19. The number of hydrazone groups is 1. The Morgan fingerprint density at radius 3 is 2.44 bits per heavy atom. The van der Waals surface area contributed by atoms with E-state index in [-0.39, 0.29) is 24.3 Å². The number of carbonyl (C=O) groups is 2. The maximum Gasteiger partial charge on any atom is 0.257 e. The summed E-state index contributed by atoms with van der Waals surface area (Å²) in [6, 6.07) is 18.6. The number of ether oxygens (including phenoxy) is 3. The van der Waals surface area contributed by atoms with Crippen LogP contribution in [0.25, 0.3) is 0 Å². The molecule has 3 aromatic carbocycles. The van der Waals surface area contributed by atoms with Crippen molar-refractivity contribution in [3.8, 4) is 17.2 Å². The van der Waals surface area contributed by atoms with E-state index in [1.165, 1.54) is 11.8 Å². The first kappa shape index (κ1) is 33.4. The number of nitrogens with one attached hydrogen (secondary N) is 2. The van der Waals surface area contributed by atoms with Crippen molar-refractivity contribution in [2.45, 2.75) is 46.5 Å². The van der Waals surface area contributed by atoms with Crippen molar-refractivity contribution in [1.29, 1.82) is 0 Å². The molecule has 45 heavy (non-hydrogen) atoms. The smallest absolute Gasteiger partial charge is 0.257 e. The molecule has 0 saturated carbocycles. The van der Waals surface area contributed by atoms with Crippen LogP contribution in [-0.4, -0.2) is 48.0 Å². The number of halogens is 1. The van der Waals surface area contributed by atoms with Gasteiger partial charge in [0.05, 0.1) is 24.3 Å². The zero-order valence-corrected chi connectivity index (χ0v) is 27.4. The molecule has 0 aliphatic heterocycles. The molecule has 0 aliphatic carbocycles. The van der Waals surface area contributed by atoms with E-state index in [1.54, 1.807) is 24.3 Å². The highest BCUT2D eigenvalue weighted by molar-refractivity contribution is 7.15. The summed E-state index contributed by atoms with van der Waals surface area (Å²) in [5.41, 5.74) is 5.76. The fourth-order valence-electron chi connectivity index (χ4n) is 4.14. The summed E-state index contributed by atoms with van der Waals surface area (Å²) in [7, 11) is 0. The molecule has 1 aromatic heterocycles. The lowest BCUT2D eigenvalue weighted by atomic mass is 9.87. The van der Waals surface area contributed by atoms with Crippen molar-refractivity contribution < 1.29 is 23.8 Å². The number of nitrogens with zero attached hydrogens (tertiary/aromatic N) is 3. The molecule has 0 saturated heterocycles. The minimum atomic E-state index is -0.400. The average molecular weight is 650 g/mol. The quantitative estimate of drug-likeness (QED) is 0.0950. The number of rotatable bonds is 13. The Bertz CT molecular complexity index is 1650. The van der Waals surface area contributed by atoms with Gasteiger partial charge in [0.15, 0.2) is 11.5 Å². The van der Waals surface area contributed by atoms with E-state index >= 15 is 0 Å². The van der Waals surface area contributed by atoms with Gasteiger partial charge in [-0.15, -0.1) is 10.2 Å². The summed E-state index contributed by atoms with van der Waals surface area (Å²) in [4.78, 5) is 24.9. The normalized spacial score (nSPS) is 11.3. The molecule has 0 spiro atoms. The summed E-state index contributed by atoms with van der Waals surface area (Å²) in [5, 5.41) is 15.8. The number of aromatic nitrogens is 2. The Morgan fingerprint density at radius 1 is 1.00 bits per heavy atom. The molecule has 4 rings (SSSR count). The monoisotopic (exact) mass is 649 g/mol. The van der Waals surface area contributed by atoms with Gasteiger partial charge in [-0.3, -0.25) is 14.9 Å². The van der Waals surface area contributed by atoms with E-state index in [9.17, 15) is 9.59 Å². The first-order valence-electron chi connectivity index (χ1n) is 14.4. The highest BCUT2D eigenvalue weighted by Crippen LogP contribution is 2.36. The van der Waals surface area contributed by atoms with E-state index in [4.69, 9.17) is 25.8 Å². The van der Waals surface area contributed by atoms with Gasteiger partial charge >= 0.3 is 0 Å². The van der Waals surface area contributed by atoms with Gasteiger partial charge in [-0.1, -0.05) is 74.0 Å². The zero-order chi connectivity index (χ0) is 32.4. The SMILES string of the molecule is CCOc1cc(/C=N\NC(=O)Cc2nnc(NC(=O)c3ccccc3C)s2)cc(Cl)c1OCCOc1ccc(C(C)(C)C)cc1. The minimum absolute atomic E-state index is 0.0597. The third-order valence-electron chi connectivity index (χ3n) is 6.44. The van der Waals surface area contributed by atoms with Crippen LogP contribution in [0.15, 0.2) is 65.8 Å². The largest absolute Gasteiger partial charge is 0.490 e. The van der Waals surface area contributed by atoms with Crippen molar-refractivity contribution in [2.24, 2.45) is 5.10 Å². The molecule has 12 heteroatoms. The molecular weight excluding hydrogens is 614 g/mol. The van der Waals surface area contributed by atoms with Crippen molar-refractivity contribution in [3.63, 3.8) is 0 Å². The van der Waals surface area contributed by atoms with Crippen molar-refractivity contribution in [3.05, 3.63) is 92.9 Å². The Balaban J connectivity index is 1.28. The van der Waals surface area contributed by atoms with E-state index in [0.29, 0.717) is 51.0 Å². The van der Waals surface area contributed by atoms with Gasteiger partial charge in [-0.2, -0.15) is 5.10 Å². The van der Waals surface area contributed by atoms with Gasteiger partial charge < -0.3 is 14.2 Å². The maximum absolute atomic E-state index is 12.5. The van der Waals surface area contributed by atoms with Gasteiger partial charge in [-0.05, 0) is 66.3 Å². The fraction of sp³-hybridized carbons (Fsp3) is 0.303. The summed E-state index contributed by atoms with van der Waals surface area (Å²) in [5.74, 6) is 0.909. The third-order valence-corrected chi connectivity index (χ3v) is 7.56. The molecule has 1 heterocycles. The zero-order valence-electron chi connectivity index (χ0n) is 25.8. The fourth-order valence-corrected chi connectivity index (χ4v) is 5.15. The van der Waals surface area contributed by atoms with Crippen molar-refractivity contribution in [1.82, 2.24) is 15.6 Å². The van der Waals surface area contributed by atoms with Crippen LogP contribution in [0.5, 0.6) is 17.2 Å². The summed E-state index contributed by atoms with van der Waals surface area (Å²) in [6.07, 6.45) is 1.39. The Hall–Kier alpha value is -4.48. The number of amides is 2. The molecular formula is C33H36ClN5O5S. The van der Waals surface area contributed by atoms with Crippen LogP contribution in [0.1, 0.15) is 59.8 Å². The molecule has 4 aromatic rings. The molecule has 0 unspecified atom stereocenters. The van der Waals surface area contributed by atoms with Gasteiger partial charge in [-0.25, -0.2) is 5.43 Å². The van der Waals surface area contributed by atoms with Crippen LogP contribution in [0, 0.1) is 6.92 Å². The van der Waals surface area contributed by atoms with Crippen LogP contribution in [0.2, 0.25) is 5.02 Å². The number of hydrogen-bond acceptors (Lipinski definition) is 9. The molecule has 2 N–H and O–H groups in total. The average Bonchev–Trinajstić information content (AvgIpc) is 3.42. The number of aryl methyl sites for hydroxylation is 1. The number of hydrogen-bond donors (Lipinski definition) is 2. The molecule has 0 bridgehead atoms. The molecule has 0 aliphatic rings. The molecule has 0 fully saturated rings. The van der Waals surface area contributed by atoms with Gasteiger partial charge in [0.25, 0.3) is 5.91 Å². The summed E-state index contributed by atoms with van der Waals surface area (Å²) >= 11 is 7.64. The predicted octanol–water partition coefficient (Wildman–Crippen LogP) is 6.60. The van der Waals surface area contributed by atoms with E-state index in [0.717, 1.165) is 22.6 Å². The lowest BCUT2D eigenvalue weighted by molar-refractivity contribution is -0.120. The molecule has 0 atom stereocenters. The van der Waals surface area contributed by atoms with Crippen LogP contribution in [-0.2, 0) is 16.6 Å². The Morgan fingerprint density at radius 2 is 1.73 bits per heavy atom. The van der Waals surface area contributed by atoms with E-state index in [1.807, 2.05) is 38.1 Å². The highest BCUT2D eigenvalue weighted by atomic mass is 35.5. The van der Waals surface area contributed by atoms with E-state index in [2.05, 4.69) is 58.9 Å². The molecule has 10 nitrogen and oxygen atoms in total.